The zero-order chi connectivity index (χ0) is 21.0. The number of rotatable bonds is 5. The molecule has 7 nitrogen and oxygen atoms in total. The largest absolute Gasteiger partial charge is 0.444 e. The summed E-state index contributed by atoms with van der Waals surface area (Å²) in [4.78, 5) is 14.3. The Kier molecular flexibility index (Phi) is 6.42. The average Bonchev–Trinajstić information content (AvgIpc) is 2.74. The first kappa shape index (κ1) is 21.1. The second-order valence-corrected chi connectivity index (χ2v) is 8.89. The van der Waals surface area contributed by atoms with Gasteiger partial charge in [0.2, 0.25) is 10.0 Å². The lowest BCUT2D eigenvalue weighted by Crippen LogP contribution is -2.48. The summed E-state index contributed by atoms with van der Waals surface area (Å²) in [6.07, 6.45) is -0.968. The van der Waals surface area contributed by atoms with Crippen LogP contribution in [0.2, 0.25) is 5.02 Å². The topological polar surface area (TPSA) is 90.7 Å². The second-order valence-electron chi connectivity index (χ2n) is 6.54. The number of piperazine rings is 1. The van der Waals surface area contributed by atoms with Crippen LogP contribution < -0.4 is 4.90 Å². The van der Waals surface area contributed by atoms with E-state index in [-0.39, 0.29) is 15.5 Å². The maximum atomic E-state index is 13.1. The van der Waals surface area contributed by atoms with E-state index >= 15 is 0 Å². The first-order valence-electron chi connectivity index (χ1n) is 9.03. The minimum Gasteiger partial charge on any atom is -0.444 e. The van der Waals surface area contributed by atoms with E-state index in [1.807, 2.05) is 30.3 Å². The van der Waals surface area contributed by atoms with Crippen molar-refractivity contribution in [1.82, 2.24) is 4.31 Å². The molecule has 0 aromatic heterocycles. The molecule has 1 aliphatic rings. The number of nitriles is 1. The summed E-state index contributed by atoms with van der Waals surface area (Å²) in [5.74, 6) is -0.838. The highest BCUT2D eigenvalue weighted by molar-refractivity contribution is 7.89. The van der Waals surface area contributed by atoms with E-state index in [2.05, 4.69) is 4.90 Å². The van der Waals surface area contributed by atoms with Gasteiger partial charge in [0.05, 0.1) is 15.5 Å². The molecule has 0 spiro atoms. The Morgan fingerprint density at radius 3 is 2.41 bits per heavy atom. The van der Waals surface area contributed by atoms with E-state index in [0.717, 1.165) is 5.69 Å². The van der Waals surface area contributed by atoms with Gasteiger partial charge in [-0.05, 0) is 37.3 Å². The van der Waals surface area contributed by atoms with Crippen molar-refractivity contribution >= 4 is 33.3 Å². The van der Waals surface area contributed by atoms with Gasteiger partial charge in [0.25, 0.3) is 0 Å². The van der Waals surface area contributed by atoms with Crippen LogP contribution in [0.3, 0.4) is 0 Å². The van der Waals surface area contributed by atoms with Crippen LogP contribution in [0, 0.1) is 11.3 Å². The first-order chi connectivity index (χ1) is 13.8. The molecule has 1 heterocycles. The summed E-state index contributed by atoms with van der Waals surface area (Å²) in [6, 6.07) is 15.5. The lowest BCUT2D eigenvalue weighted by Gasteiger charge is -2.35. The lowest BCUT2D eigenvalue weighted by atomic mass is 10.2. The third kappa shape index (κ3) is 4.70. The first-order valence-corrected chi connectivity index (χ1v) is 10.8. The number of nitrogens with zero attached hydrogens (tertiary/aromatic N) is 3. The molecule has 0 aliphatic carbocycles. The van der Waals surface area contributed by atoms with Crippen molar-refractivity contribution in [2.45, 2.75) is 17.9 Å². The molecule has 2 aromatic rings. The molecule has 0 bridgehead atoms. The van der Waals surface area contributed by atoms with Gasteiger partial charge in [-0.15, -0.1) is 0 Å². The van der Waals surface area contributed by atoms with E-state index in [0.29, 0.717) is 26.2 Å². The number of hydrogen-bond donors (Lipinski definition) is 0. The van der Waals surface area contributed by atoms with E-state index in [4.69, 9.17) is 21.6 Å². The number of halogens is 1. The predicted octanol–water partition coefficient (Wildman–Crippen LogP) is 2.92. The maximum absolute atomic E-state index is 13.1. The number of hydrogen-bond acceptors (Lipinski definition) is 6. The summed E-state index contributed by atoms with van der Waals surface area (Å²) < 4.78 is 32.4. The molecule has 3 rings (SSSR count). The molecule has 152 valence electrons. The van der Waals surface area contributed by atoms with Crippen LogP contribution in [0.15, 0.2) is 53.4 Å². The molecule has 1 fully saturated rings. The SMILES string of the molecule is C[C@@H](C#N)OC(=O)c1cc(S(=O)(=O)N2CCN(c3ccccc3)CC2)ccc1Cl. The fraction of sp³-hybridized carbons (Fsp3) is 0.300. The Labute approximate surface area is 175 Å². The minimum absolute atomic E-state index is 0.0355. The molecule has 1 atom stereocenters. The number of sulfonamides is 1. The van der Waals surface area contributed by atoms with Crippen molar-refractivity contribution in [3.05, 3.63) is 59.1 Å². The van der Waals surface area contributed by atoms with Crippen molar-refractivity contribution in [2.75, 3.05) is 31.1 Å². The van der Waals surface area contributed by atoms with Crippen LogP contribution in [0.25, 0.3) is 0 Å². The van der Waals surface area contributed by atoms with Crippen LogP contribution >= 0.6 is 11.6 Å². The summed E-state index contributed by atoms with van der Waals surface area (Å²) in [7, 11) is -3.80. The maximum Gasteiger partial charge on any atom is 0.340 e. The van der Waals surface area contributed by atoms with Crippen molar-refractivity contribution in [1.29, 1.82) is 5.26 Å². The van der Waals surface area contributed by atoms with Gasteiger partial charge < -0.3 is 9.64 Å². The van der Waals surface area contributed by atoms with E-state index in [9.17, 15) is 13.2 Å². The van der Waals surface area contributed by atoms with Crippen LogP contribution in [0.4, 0.5) is 5.69 Å². The Bertz CT molecular complexity index is 1030. The molecule has 0 saturated carbocycles. The molecule has 1 aliphatic heterocycles. The Balaban J connectivity index is 1.77. The van der Waals surface area contributed by atoms with Gasteiger partial charge in [-0.2, -0.15) is 9.57 Å². The summed E-state index contributed by atoms with van der Waals surface area (Å²) in [5, 5.41) is 8.85. The Morgan fingerprint density at radius 1 is 1.14 bits per heavy atom. The average molecular weight is 434 g/mol. The third-order valence-electron chi connectivity index (χ3n) is 4.62. The van der Waals surface area contributed by atoms with Gasteiger partial charge in [-0.25, -0.2) is 13.2 Å². The monoisotopic (exact) mass is 433 g/mol. The highest BCUT2D eigenvalue weighted by Gasteiger charge is 2.30. The van der Waals surface area contributed by atoms with Crippen LogP contribution in [0.5, 0.6) is 0 Å². The van der Waals surface area contributed by atoms with Gasteiger partial charge in [-0.1, -0.05) is 29.8 Å². The number of esters is 1. The molecule has 0 N–H and O–H groups in total. The Hall–Kier alpha value is -2.60. The standard InChI is InChI=1S/C20H20ClN3O4S/c1-15(14-22)28-20(25)18-13-17(7-8-19(18)21)29(26,27)24-11-9-23(10-12-24)16-5-3-2-4-6-16/h2-8,13,15H,9-12H2,1H3/t15-/m0/s1. The molecular weight excluding hydrogens is 414 g/mol. The van der Waals surface area contributed by atoms with Crippen molar-refractivity contribution in [3.8, 4) is 6.07 Å². The second kappa shape index (κ2) is 8.82. The number of carbonyl (C=O) groups excluding carboxylic acids is 1. The number of carbonyl (C=O) groups is 1. The smallest absolute Gasteiger partial charge is 0.340 e. The normalized spacial score (nSPS) is 16.1. The van der Waals surface area contributed by atoms with Crippen LogP contribution in [-0.2, 0) is 14.8 Å². The summed E-state index contributed by atoms with van der Waals surface area (Å²) >= 11 is 6.04. The molecule has 0 radical (unpaired) electrons. The van der Waals surface area contributed by atoms with Crippen molar-refractivity contribution < 1.29 is 17.9 Å². The molecule has 0 amide bonds. The van der Waals surface area contributed by atoms with Crippen LogP contribution in [0.1, 0.15) is 17.3 Å². The quantitative estimate of drug-likeness (QED) is 0.673. The predicted molar refractivity (Wildman–Crippen MR) is 109 cm³/mol. The van der Waals surface area contributed by atoms with Gasteiger partial charge in [0, 0.05) is 31.9 Å². The van der Waals surface area contributed by atoms with E-state index in [1.165, 1.54) is 29.4 Å². The number of benzene rings is 2. The van der Waals surface area contributed by atoms with Gasteiger partial charge >= 0.3 is 5.97 Å². The molecule has 9 heteroatoms. The minimum atomic E-state index is -3.80. The fourth-order valence-electron chi connectivity index (χ4n) is 3.05. The Morgan fingerprint density at radius 2 is 1.79 bits per heavy atom. The van der Waals surface area contributed by atoms with Gasteiger partial charge in [0.15, 0.2) is 6.10 Å². The molecule has 1 saturated heterocycles. The molecule has 0 unspecified atom stereocenters. The van der Waals surface area contributed by atoms with Crippen molar-refractivity contribution in [2.24, 2.45) is 0 Å². The number of anilines is 1. The highest BCUT2D eigenvalue weighted by Crippen LogP contribution is 2.25. The van der Waals surface area contributed by atoms with E-state index in [1.54, 1.807) is 6.07 Å². The van der Waals surface area contributed by atoms with E-state index < -0.39 is 22.1 Å². The van der Waals surface area contributed by atoms with Crippen molar-refractivity contribution in [3.63, 3.8) is 0 Å². The van der Waals surface area contributed by atoms with Gasteiger partial charge in [-0.3, -0.25) is 0 Å². The lowest BCUT2D eigenvalue weighted by molar-refractivity contribution is 0.0435. The van der Waals surface area contributed by atoms with Gasteiger partial charge in [0.1, 0.15) is 6.07 Å². The number of ether oxygens (including phenoxy) is 1. The molecule has 29 heavy (non-hydrogen) atoms. The third-order valence-corrected chi connectivity index (χ3v) is 6.85. The zero-order valence-corrected chi connectivity index (χ0v) is 17.4. The summed E-state index contributed by atoms with van der Waals surface area (Å²) in [5.41, 5.74) is 0.963. The summed E-state index contributed by atoms with van der Waals surface area (Å²) in [6.45, 7) is 3.19. The molecular formula is C20H20ClN3O4S. The van der Waals surface area contributed by atoms with Crippen LogP contribution in [-0.4, -0.2) is 51.0 Å². The fourth-order valence-corrected chi connectivity index (χ4v) is 4.69. The highest BCUT2D eigenvalue weighted by atomic mass is 35.5. The zero-order valence-electron chi connectivity index (χ0n) is 15.8. The number of para-hydroxylation sites is 1. The molecule has 2 aromatic carbocycles.